The summed E-state index contributed by atoms with van der Waals surface area (Å²) < 4.78 is 44.1. The van der Waals surface area contributed by atoms with Gasteiger partial charge in [-0.2, -0.15) is 0 Å². The van der Waals surface area contributed by atoms with Crippen LogP contribution in [0.5, 0.6) is 11.5 Å². The molecule has 0 aliphatic carbocycles. The van der Waals surface area contributed by atoms with Gasteiger partial charge in [0.05, 0.1) is 7.11 Å². The smallest absolute Gasteiger partial charge is 0.493 e. The van der Waals surface area contributed by atoms with Crippen LogP contribution in [0.2, 0.25) is 0 Å². The Kier molecular flexibility index (Phi) is 3.30. The molecule has 0 spiro atoms. The Morgan fingerprint density at radius 1 is 1.47 bits per heavy atom. The molecule has 0 aliphatic rings. The Morgan fingerprint density at radius 2 is 2.06 bits per heavy atom. The maximum absolute atomic E-state index is 12.0. The average Bonchev–Trinajstić information content (AvgIpc) is 2.17. The first-order chi connectivity index (χ1) is 7.74. The van der Waals surface area contributed by atoms with Crippen molar-refractivity contribution in [3.8, 4) is 11.5 Å². The van der Waals surface area contributed by atoms with E-state index in [1.165, 1.54) is 0 Å². The molecular formula is C8H6F3NO5. The van der Waals surface area contributed by atoms with Crippen molar-refractivity contribution in [2.24, 2.45) is 0 Å². The summed E-state index contributed by atoms with van der Waals surface area (Å²) in [6, 6.07) is 0.646. The monoisotopic (exact) mass is 253 g/mol. The summed E-state index contributed by atoms with van der Waals surface area (Å²) in [5.41, 5.74) is -1.96. The first-order valence-electron chi connectivity index (χ1n) is 4.05. The molecule has 1 aromatic rings. The van der Waals surface area contributed by atoms with E-state index in [1.807, 2.05) is 0 Å². The number of aromatic nitrogens is 1. The summed E-state index contributed by atoms with van der Waals surface area (Å²) in [5, 5.41) is 8.63. The molecule has 9 heteroatoms. The minimum absolute atomic E-state index is 0.622. The molecule has 0 unspecified atom stereocenters. The molecule has 0 aromatic carbocycles. The van der Waals surface area contributed by atoms with Crippen molar-refractivity contribution in [3.63, 3.8) is 0 Å². The number of methoxy groups -OCH3 is 1. The van der Waals surface area contributed by atoms with Gasteiger partial charge in [0.1, 0.15) is 0 Å². The zero-order valence-electron chi connectivity index (χ0n) is 8.29. The van der Waals surface area contributed by atoms with Gasteiger partial charge >= 0.3 is 12.3 Å². The number of aromatic carboxylic acids is 1. The maximum Gasteiger partial charge on any atom is 0.573 e. The minimum atomic E-state index is -5.10. The molecule has 0 atom stereocenters. The Labute approximate surface area is 91.6 Å². The highest BCUT2D eigenvalue weighted by atomic mass is 19.4. The lowest BCUT2D eigenvalue weighted by atomic mass is 10.3. The number of hydrogen-bond donors (Lipinski definition) is 2. The van der Waals surface area contributed by atoms with Gasteiger partial charge in [-0.15, -0.1) is 13.2 Å². The number of hydrogen-bond acceptors (Lipinski definition) is 4. The number of aromatic amines is 1. The molecule has 0 saturated carbocycles. The predicted molar refractivity (Wildman–Crippen MR) is 47.3 cm³/mol. The molecule has 1 heterocycles. The fraction of sp³-hybridized carbons (Fsp3) is 0.250. The molecule has 0 saturated heterocycles. The van der Waals surface area contributed by atoms with E-state index in [1.54, 1.807) is 4.98 Å². The summed E-state index contributed by atoms with van der Waals surface area (Å²) in [4.78, 5) is 23.3. The third kappa shape index (κ3) is 3.13. The number of pyridine rings is 1. The highest BCUT2D eigenvalue weighted by Gasteiger charge is 2.35. The third-order valence-corrected chi connectivity index (χ3v) is 1.61. The van der Waals surface area contributed by atoms with Gasteiger partial charge in [0.25, 0.3) is 5.56 Å². The molecule has 0 amide bonds. The zero-order chi connectivity index (χ0) is 13.2. The lowest BCUT2D eigenvalue weighted by Gasteiger charge is -2.13. The quantitative estimate of drug-likeness (QED) is 0.838. The predicted octanol–water partition coefficient (Wildman–Crippen LogP) is 0.980. The van der Waals surface area contributed by atoms with E-state index in [4.69, 9.17) is 5.11 Å². The van der Waals surface area contributed by atoms with Gasteiger partial charge in [0.15, 0.2) is 11.4 Å². The van der Waals surface area contributed by atoms with Crippen molar-refractivity contribution in [2.75, 3.05) is 7.11 Å². The minimum Gasteiger partial charge on any atom is -0.493 e. The summed E-state index contributed by atoms with van der Waals surface area (Å²) in [6.07, 6.45) is -5.10. The van der Waals surface area contributed by atoms with Crippen molar-refractivity contribution in [1.29, 1.82) is 0 Å². The maximum atomic E-state index is 12.0. The van der Waals surface area contributed by atoms with Crippen LogP contribution in [0.4, 0.5) is 13.2 Å². The van der Waals surface area contributed by atoms with Gasteiger partial charge in [-0.3, -0.25) is 4.79 Å². The second-order valence-corrected chi connectivity index (χ2v) is 2.76. The van der Waals surface area contributed by atoms with Crippen molar-refractivity contribution in [3.05, 3.63) is 22.1 Å². The number of H-pyrrole nitrogens is 1. The normalized spacial score (nSPS) is 11.1. The number of carboxylic acid groups (broad SMARTS) is 1. The highest BCUT2D eigenvalue weighted by molar-refractivity contribution is 5.89. The second kappa shape index (κ2) is 4.36. The number of rotatable bonds is 3. The first kappa shape index (κ1) is 12.9. The van der Waals surface area contributed by atoms with Gasteiger partial charge < -0.3 is 19.6 Å². The van der Waals surface area contributed by atoms with Crippen molar-refractivity contribution in [2.45, 2.75) is 6.36 Å². The van der Waals surface area contributed by atoms with Crippen LogP contribution in [0.3, 0.4) is 0 Å². The number of carbonyl (C=O) groups is 1. The molecule has 17 heavy (non-hydrogen) atoms. The standard InChI is InChI=1S/C8H6F3NO5/c1-16-3-2-4(13)12-5(7(14)15)6(3)17-8(9,10)11/h2H,1H3,(H,12,13)(H,14,15). The summed E-state index contributed by atoms with van der Waals surface area (Å²) in [6.45, 7) is 0. The fourth-order valence-corrected chi connectivity index (χ4v) is 1.04. The number of carboxylic acids is 1. The highest BCUT2D eigenvalue weighted by Crippen LogP contribution is 2.33. The van der Waals surface area contributed by atoms with Gasteiger partial charge in [0.2, 0.25) is 5.75 Å². The number of alkyl halides is 3. The molecule has 0 fully saturated rings. The van der Waals surface area contributed by atoms with Crippen LogP contribution in [0.25, 0.3) is 0 Å². The van der Waals surface area contributed by atoms with Crippen LogP contribution in [0.1, 0.15) is 10.5 Å². The van der Waals surface area contributed by atoms with E-state index in [2.05, 4.69) is 9.47 Å². The Hall–Kier alpha value is -2.19. The van der Waals surface area contributed by atoms with Crippen LogP contribution in [0, 0.1) is 0 Å². The van der Waals surface area contributed by atoms with E-state index < -0.39 is 35.1 Å². The van der Waals surface area contributed by atoms with E-state index in [-0.39, 0.29) is 0 Å². The summed E-state index contributed by atoms with van der Waals surface area (Å²) in [5.74, 6) is -3.50. The van der Waals surface area contributed by atoms with Gasteiger partial charge in [-0.05, 0) is 0 Å². The Balaban J connectivity index is 3.42. The van der Waals surface area contributed by atoms with Gasteiger partial charge in [-0.25, -0.2) is 4.79 Å². The average molecular weight is 253 g/mol. The van der Waals surface area contributed by atoms with E-state index in [0.29, 0.717) is 6.07 Å². The molecule has 0 bridgehead atoms. The molecule has 0 aliphatic heterocycles. The lowest BCUT2D eigenvalue weighted by Crippen LogP contribution is -2.22. The van der Waals surface area contributed by atoms with Crippen LogP contribution in [-0.4, -0.2) is 29.5 Å². The zero-order valence-corrected chi connectivity index (χ0v) is 8.29. The molecule has 2 N–H and O–H groups in total. The largest absolute Gasteiger partial charge is 0.573 e. The molecular weight excluding hydrogens is 247 g/mol. The number of nitrogens with one attached hydrogen (secondary N) is 1. The number of halogens is 3. The second-order valence-electron chi connectivity index (χ2n) is 2.76. The lowest BCUT2D eigenvalue weighted by molar-refractivity contribution is -0.275. The molecule has 1 aromatic heterocycles. The van der Waals surface area contributed by atoms with Crippen molar-refractivity contribution >= 4 is 5.97 Å². The Morgan fingerprint density at radius 3 is 2.47 bits per heavy atom. The SMILES string of the molecule is COc1cc(=O)[nH]c(C(=O)O)c1OC(F)(F)F. The van der Waals surface area contributed by atoms with E-state index >= 15 is 0 Å². The summed E-state index contributed by atoms with van der Waals surface area (Å²) >= 11 is 0. The molecule has 6 nitrogen and oxygen atoms in total. The topological polar surface area (TPSA) is 88.6 Å². The van der Waals surface area contributed by atoms with Crippen molar-refractivity contribution < 1.29 is 32.5 Å². The first-order valence-corrected chi connectivity index (χ1v) is 4.05. The van der Waals surface area contributed by atoms with Gasteiger partial charge in [0, 0.05) is 6.07 Å². The van der Waals surface area contributed by atoms with E-state index in [0.717, 1.165) is 7.11 Å². The fourth-order valence-electron chi connectivity index (χ4n) is 1.04. The molecule has 0 radical (unpaired) electrons. The van der Waals surface area contributed by atoms with Crippen LogP contribution >= 0.6 is 0 Å². The Bertz CT molecular complexity index is 493. The van der Waals surface area contributed by atoms with Gasteiger partial charge in [-0.1, -0.05) is 0 Å². The van der Waals surface area contributed by atoms with E-state index in [9.17, 15) is 22.8 Å². The van der Waals surface area contributed by atoms with Crippen molar-refractivity contribution in [1.82, 2.24) is 4.98 Å². The number of ether oxygens (including phenoxy) is 2. The van der Waals surface area contributed by atoms with Crippen LogP contribution in [0.15, 0.2) is 10.9 Å². The molecule has 1 rings (SSSR count). The third-order valence-electron chi connectivity index (χ3n) is 1.61. The van der Waals surface area contributed by atoms with Crippen LogP contribution in [-0.2, 0) is 0 Å². The van der Waals surface area contributed by atoms with Crippen LogP contribution < -0.4 is 15.0 Å². The molecule has 94 valence electrons. The summed E-state index contributed by atoms with van der Waals surface area (Å²) in [7, 11) is 0.976.